The molecular formula is C19H33N. The Morgan fingerprint density at radius 2 is 1.95 bits per heavy atom. The fraction of sp³-hybridized carbons (Fsp3) is 0.895. The lowest BCUT2D eigenvalue weighted by Crippen LogP contribution is -2.51. The summed E-state index contributed by atoms with van der Waals surface area (Å²) in [6, 6.07) is 0. The van der Waals surface area contributed by atoms with Crippen LogP contribution in [0.25, 0.3) is 0 Å². The first-order valence-corrected chi connectivity index (χ1v) is 8.85. The standard InChI is InChI=1S/C19H33N/c1-18(2)11-4-12-19(3)16-9-6-14(13-20)5-7-15(16)8-10-17(18)19/h6,15-17H,4-5,7-13,20H2,1-3H3. The molecule has 1 heteroatoms. The van der Waals surface area contributed by atoms with Crippen LogP contribution in [0.15, 0.2) is 11.6 Å². The molecule has 1 nitrogen and oxygen atoms in total. The molecule has 4 atom stereocenters. The molecular weight excluding hydrogens is 242 g/mol. The molecule has 0 saturated heterocycles. The molecule has 2 fully saturated rings. The van der Waals surface area contributed by atoms with Crippen LogP contribution in [0.2, 0.25) is 0 Å². The zero-order chi connectivity index (χ0) is 14.4. The maximum atomic E-state index is 5.90. The molecule has 0 aromatic carbocycles. The van der Waals surface area contributed by atoms with E-state index in [1.165, 1.54) is 56.9 Å². The van der Waals surface area contributed by atoms with Crippen molar-refractivity contribution in [1.29, 1.82) is 0 Å². The monoisotopic (exact) mass is 275 g/mol. The highest BCUT2D eigenvalue weighted by Gasteiger charge is 2.54. The Bertz CT molecular complexity index is 395. The predicted molar refractivity (Wildman–Crippen MR) is 86.4 cm³/mol. The molecule has 0 aromatic rings. The Balaban J connectivity index is 1.89. The third-order valence-electron chi connectivity index (χ3n) is 7.28. The molecule has 20 heavy (non-hydrogen) atoms. The lowest BCUT2D eigenvalue weighted by atomic mass is 9.46. The Morgan fingerprint density at radius 3 is 2.70 bits per heavy atom. The van der Waals surface area contributed by atoms with E-state index in [1.54, 1.807) is 0 Å². The summed E-state index contributed by atoms with van der Waals surface area (Å²) in [6.07, 6.45) is 13.8. The van der Waals surface area contributed by atoms with Crippen LogP contribution in [0.1, 0.15) is 72.1 Å². The molecule has 3 aliphatic rings. The van der Waals surface area contributed by atoms with Gasteiger partial charge in [-0.2, -0.15) is 0 Å². The molecule has 4 unspecified atom stereocenters. The van der Waals surface area contributed by atoms with Crippen LogP contribution in [0.5, 0.6) is 0 Å². The molecule has 0 radical (unpaired) electrons. The van der Waals surface area contributed by atoms with Gasteiger partial charge >= 0.3 is 0 Å². The summed E-state index contributed by atoms with van der Waals surface area (Å²) in [6.45, 7) is 8.49. The fourth-order valence-electron chi connectivity index (χ4n) is 6.21. The van der Waals surface area contributed by atoms with E-state index < -0.39 is 0 Å². The van der Waals surface area contributed by atoms with Crippen LogP contribution < -0.4 is 5.73 Å². The topological polar surface area (TPSA) is 26.0 Å². The van der Waals surface area contributed by atoms with Gasteiger partial charge in [-0.15, -0.1) is 0 Å². The highest BCUT2D eigenvalue weighted by Crippen LogP contribution is 2.62. The van der Waals surface area contributed by atoms with Crippen molar-refractivity contribution in [2.75, 3.05) is 6.54 Å². The minimum atomic E-state index is 0.560. The maximum absolute atomic E-state index is 5.90. The van der Waals surface area contributed by atoms with Gasteiger partial charge in [0.1, 0.15) is 0 Å². The second-order valence-corrected chi connectivity index (χ2v) is 8.69. The first kappa shape index (κ1) is 14.6. The first-order chi connectivity index (χ1) is 9.47. The lowest BCUT2D eigenvalue weighted by Gasteiger charge is -2.59. The van der Waals surface area contributed by atoms with Gasteiger partial charge in [0.25, 0.3) is 0 Å². The summed E-state index contributed by atoms with van der Waals surface area (Å²) in [4.78, 5) is 0. The Hall–Kier alpha value is -0.300. The normalized spacial score (nSPS) is 44.0. The second kappa shape index (κ2) is 5.16. The molecule has 114 valence electrons. The van der Waals surface area contributed by atoms with Crippen LogP contribution in [-0.4, -0.2) is 6.54 Å². The summed E-state index contributed by atoms with van der Waals surface area (Å²) in [5, 5.41) is 0. The van der Waals surface area contributed by atoms with E-state index in [2.05, 4.69) is 26.8 Å². The average molecular weight is 275 g/mol. The van der Waals surface area contributed by atoms with E-state index in [0.29, 0.717) is 10.8 Å². The van der Waals surface area contributed by atoms with E-state index in [9.17, 15) is 0 Å². The van der Waals surface area contributed by atoms with Crippen LogP contribution in [0, 0.1) is 28.6 Å². The van der Waals surface area contributed by atoms with Crippen molar-refractivity contribution >= 4 is 0 Å². The van der Waals surface area contributed by atoms with Crippen LogP contribution in [0.3, 0.4) is 0 Å². The molecule has 0 aromatic heterocycles. The van der Waals surface area contributed by atoms with Gasteiger partial charge in [-0.05, 0) is 73.5 Å². The average Bonchev–Trinajstić information content (AvgIpc) is 2.60. The van der Waals surface area contributed by atoms with Crippen LogP contribution in [0.4, 0.5) is 0 Å². The highest BCUT2D eigenvalue weighted by atomic mass is 14.6. The smallest absolute Gasteiger partial charge is 0.0136 e. The van der Waals surface area contributed by atoms with Crippen molar-refractivity contribution in [1.82, 2.24) is 0 Å². The van der Waals surface area contributed by atoms with Crippen LogP contribution in [-0.2, 0) is 0 Å². The number of rotatable bonds is 1. The molecule has 0 amide bonds. The second-order valence-electron chi connectivity index (χ2n) is 8.69. The maximum Gasteiger partial charge on any atom is 0.0136 e. The fourth-order valence-corrected chi connectivity index (χ4v) is 6.21. The van der Waals surface area contributed by atoms with Gasteiger partial charge in [0, 0.05) is 6.54 Å². The molecule has 2 N–H and O–H groups in total. The number of nitrogens with two attached hydrogens (primary N) is 1. The molecule has 3 aliphatic carbocycles. The van der Waals surface area contributed by atoms with E-state index >= 15 is 0 Å². The molecule has 2 saturated carbocycles. The quantitative estimate of drug-likeness (QED) is 0.676. The van der Waals surface area contributed by atoms with Crippen molar-refractivity contribution in [3.8, 4) is 0 Å². The largest absolute Gasteiger partial charge is 0.327 e. The Kier molecular flexibility index (Phi) is 3.77. The third-order valence-corrected chi connectivity index (χ3v) is 7.28. The van der Waals surface area contributed by atoms with Crippen molar-refractivity contribution in [3.63, 3.8) is 0 Å². The Morgan fingerprint density at radius 1 is 1.15 bits per heavy atom. The molecule has 3 rings (SSSR count). The van der Waals surface area contributed by atoms with Crippen LogP contribution >= 0.6 is 0 Å². The van der Waals surface area contributed by atoms with Gasteiger partial charge in [0.15, 0.2) is 0 Å². The van der Waals surface area contributed by atoms with E-state index in [-0.39, 0.29) is 0 Å². The van der Waals surface area contributed by atoms with Crippen molar-refractivity contribution in [2.24, 2.45) is 34.3 Å². The summed E-state index contributed by atoms with van der Waals surface area (Å²) >= 11 is 0. The molecule has 0 spiro atoms. The van der Waals surface area contributed by atoms with Gasteiger partial charge in [-0.3, -0.25) is 0 Å². The van der Waals surface area contributed by atoms with Gasteiger partial charge in [0.2, 0.25) is 0 Å². The third kappa shape index (κ3) is 2.26. The Labute approximate surface area is 125 Å². The first-order valence-electron chi connectivity index (χ1n) is 8.85. The minimum absolute atomic E-state index is 0.560. The SMILES string of the molecule is CC1(C)CCCC2(C)C3CC=C(CN)CCC3CCC12. The van der Waals surface area contributed by atoms with Crippen molar-refractivity contribution in [2.45, 2.75) is 72.1 Å². The predicted octanol–water partition coefficient (Wildman–Crippen LogP) is 4.91. The number of fused-ring (bicyclic) bond motifs is 3. The van der Waals surface area contributed by atoms with E-state index in [4.69, 9.17) is 5.73 Å². The number of allylic oxidation sites excluding steroid dienone is 1. The summed E-state index contributed by atoms with van der Waals surface area (Å²) < 4.78 is 0. The zero-order valence-electron chi connectivity index (χ0n) is 13.8. The van der Waals surface area contributed by atoms with E-state index in [0.717, 1.165) is 24.3 Å². The van der Waals surface area contributed by atoms with Gasteiger partial charge in [-0.25, -0.2) is 0 Å². The summed E-state index contributed by atoms with van der Waals surface area (Å²) in [7, 11) is 0. The minimum Gasteiger partial charge on any atom is -0.327 e. The molecule has 0 bridgehead atoms. The molecule has 0 heterocycles. The summed E-state index contributed by atoms with van der Waals surface area (Å²) in [5.41, 5.74) is 8.57. The highest BCUT2D eigenvalue weighted by molar-refractivity contribution is 5.12. The zero-order valence-corrected chi connectivity index (χ0v) is 13.8. The molecule has 0 aliphatic heterocycles. The summed E-state index contributed by atoms with van der Waals surface area (Å²) in [5.74, 6) is 2.83. The number of hydrogen-bond donors (Lipinski definition) is 1. The van der Waals surface area contributed by atoms with Crippen molar-refractivity contribution < 1.29 is 0 Å². The van der Waals surface area contributed by atoms with Gasteiger partial charge < -0.3 is 5.73 Å². The van der Waals surface area contributed by atoms with E-state index in [1.807, 2.05) is 0 Å². The van der Waals surface area contributed by atoms with Gasteiger partial charge in [0.05, 0.1) is 0 Å². The van der Waals surface area contributed by atoms with Crippen molar-refractivity contribution in [3.05, 3.63) is 11.6 Å². The lowest BCUT2D eigenvalue weighted by molar-refractivity contribution is -0.0961. The number of hydrogen-bond acceptors (Lipinski definition) is 1. The van der Waals surface area contributed by atoms with Gasteiger partial charge in [-0.1, -0.05) is 38.8 Å².